The molecule has 0 aliphatic carbocycles. The van der Waals surface area contributed by atoms with E-state index >= 15 is 0 Å². The van der Waals surface area contributed by atoms with Crippen LogP contribution >= 0.6 is 0 Å². The van der Waals surface area contributed by atoms with Crippen LogP contribution in [-0.4, -0.2) is 36.4 Å². The second-order valence-corrected chi connectivity index (χ2v) is 5.09. The van der Waals surface area contributed by atoms with Crippen molar-refractivity contribution in [1.29, 1.82) is 0 Å². The van der Waals surface area contributed by atoms with E-state index in [9.17, 15) is 9.18 Å². The van der Waals surface area contributed by atoms with Crippen molar-refractivity contribution >= 4 is 5.91 Å². The molecule has 1 aromatic carbocycles. The van der Waals surface area contributed by atoms with Crippen molar-refractivity contribution in [3.05, 3.63) is 41.3 Å². The van der Waals surface area contributed by atoms with Crippen LogP contribution in [0.5, 0.6) is 0 Å². The fourth-order valence-corrected chi connectivity index (χ4v) is 2.06. The molecule has 22 heavy (non-hydrogen) atoms. The predicted octanol–water partition coefficient (Wildman–Crippen LogP) is 2.68. The van der Waals surface area contributed by atoms with Crippen LogP contribution in [0.3, 0.4) is 0 Å². The number of carbonyl (C=O) groups is 1. The summed E-state index contributed by atoms with van der Waals surface area (Å²) in [6.45, 7) is 2.97. The number of hydrogen-bond donors (Lipinski definition) is 2. The van der Waals surface area contributed by atoms with E-state index in [2.05, 4.69) is 15.5 Å². The normalized spacial score (nSPS) is 10.7. The van der Waals surface area contributed by atoms with Gasteiger partial charge in [0.05, 0.1) is 5.69 Å². The molecule has 0 unspecified atom stereocenters. The highest BCUT2D eigenvalue weighted by Gasteiger charge is 2.11. The minimum Gasteiger partial charge on any atom is -0.385 e. The molecule has 2 rings (SSSR count). The van der Waals surface area contributed by atoms with E-state index in [1.807, 2.05) is 0 Å². The lowest BCUT2D eigenvalue weighted by atomic mass is 10.1. The second-order valence-electron chi connectivity index (χ2n) is 5.09. The zero-order valence-corrected chi connectivity index (χ0v) is 12.8. The molecule has 5 nitrogen and oxygen atoms in total. The van der Waals surface area contributed by atoms with Gasteiger partial charge >= 0.3 is 0 Å². The first-order valence-electron chi connectivity index (χ1n) is 7.21. The van der Waals surface area contributed by atoms with E-state index < -0.39 is 0 Å². The zero-order chi connectivity index (χ0) is 15.9. The van der Waals surface area contributed by atoms with Gasteiger partial charge in [-0.1, -0.05) is 0 Å². The number of unbranched alkanes of at least 4 members (excludes halogenated alkanes) is 1. The number of aryl methyl sites for hydroxylation is 1. The molecule has 1 amide bonds. The third-order valence-electron chi connectivity index (χ3n) is 3.34. The van der Waals surface area contributed by atoms with Crippen LogP contribution in [0.2, 0.25) is 0 Å². The van der Waals surface area contributed by atoms with E-state index in [0.717, 1.165) is 18.4 Å². The number of aromatic amines is 1. The molecule has 0 aliphatic heterocycles. The Labute approximate surface area is 128 Å². The van der Waals surface area contributed by atoms with Crippen molar-refractivity contribution < 1.29 is 13.9 Å². The van der Waals surface area contributed by atoms with Gasteiger partial charge in [0, 0.05) is 25.8 Å². The van der Waals surface area contributed by atoms with Gasteiger partial charge in [0.25, 0.3) is 5.91 Å². The van der Waals surface area contributed by atoms with Crippen molar-refractivity contribution in [2.45, 2.75) is 19.8 Å². The summed E-state index contributed by atoms with van der Waals surface area (Å²) in [7, 11) is 1.65. The number of nitrogens with zero attached hydrogens (tertiary/aromatic N) is 1. The number of nitrogens with one attached hydrogen (secondary N) is 2. The highest BCUT2D eigenvalue weighted by molar-refractivity contribution is 5.93. The van der Waals surface area contributed by atoms with Gasteiger partial charge in [-0.25, -0.2) is 4.39 Å². The monoisotopic (exact) mass is 305 g/mol. The van der Waals surface area contributed by atoms with E-state index in [1.165, 1.54) is 6.07 Å². The van der Waals surface area contributed by atoms with Crippen molar-refractivity contribution in [3.8, 4) is 11.3 Å². The average Bonchev–Trinajstić information content (AvgIpc) is 2.99. The van der Waals surface area contributed by atoms with Crippen molar-refractivity contribution in [2.24, 2.45) is 0 Å². The second kappa shape index (κ2) is 7.70. The van der Waals surface area contributed by atoms with Crippen LogP contribution in [-0.2, 0) is 4.74 Å². The summed E-state index contributed by atoms with van der Waals surface area (Å²) in [6.07, 6.45) is 1.76. The maximum absolute atomic E-state index is 13.3. The Hall–Kier alpha value is -2.21. The summed E-state index contributed by atoms with van der Waals surface area (Å²) < 4.78 is 18.2. The average molecular weight is 305 g/mol. The highest BCUT2D eigenvalue weighted by Crippen LogP contribution is 2.20. The van der Waals surface area contributed by atoms with E-state index in [4.69, 9.17) is 4.74 Å². The number of hydrogen-bond acceptors (Lipinski definition) is 3. The summed E-state index contributed by atoms with van der Waals surface area (Å²) in [5, 5.41) is 9.63. The number of benzene rings is 1. The Balaban J connectivity index is 1.95. The van der Waals surface area contributed by atoms with Crippen molar-refractivity contribution in [3.63, 3.8) is 0 Å². The van der Waals surface area contributed by atoms with Gasteiger partial charge in [-0.05, 0) is 49.6 Å². The van der Waals surface area contributed by atoms with Gasteiger partial charge in [-0.3, -0.25) is 9.89 Å². The first kappa shape index (κ1) is 16.2. The number of ether oxygens (including phenoxy) is 1. The molecule has 0 fully saturated rings. The van der Waals surface area contributed by atoms with Gasteiger partial charge in [0.2, 0.25) is 0 Å². The minimum absolute atomic E-state index is 0.199. The minimum atomic E-state index is -0.256. The van der Waals surface area contributed by atoms with Gasteiger partial charge in [-0.15, -0.1) is 0 Å². The lowest BCUT2D eigenvalue weighted by molar-refractivity contribution is 0.0946. The molecule has 0 aliphatic rings. The standard InChI is InChI=1S/C16H20FN3O2/c1-11-9-12(5-6-13(11)17)14-10-15(20-19-14)16(21)18-7-3-4-8-22-2/h5-6,9-10H,3-4,7-8H2,1-2H3,(H,18,21)(H,19,20). The molecule has 0 radical (unpaired) electrons. The molecule has 118 valence electrons. The molecule has 1 heterocycles. The lowest BCUT2D eigenvalue weighted by Crippen LogP contribution is -2.24. The van der Waals surface area contributed by atoms with Gasteiger partial charge in [0.15, 0.2) is 0 Å². The Kier molecular flexibility index (Phi) is 5.66. The molecule has 6 heteroatoms. The molecular formula is C16H20FN3O2. The Morgan fingerprint density at radius 1 is 1.36 bits per heavy atom. The third-order valence-corrected chi connectivity index (χ3v) is 3.34. The Bertz CT molecular complexity index is 640. The summed E-state index contributed by atoms with van der Waals surface area (Å²) in [6, 6.07) is 6.41. The maximum Gasteiger partial charge on any atom is 0.269 e. The van der Waals surface area contributed by atoms with Gasteiger partial charge in [0.1, 0.15) is 11.5 Å². The van der Waals surface area contributed by atoms with E-state index in [1.54, 1.807) is 32.2 Å². The molecule has 0 saturated carbocycles. The summed E-state index contributed by atoms with van der Waals surface area (Å²) >= 11 is 0. The van der Waals surface area contributed by atoms with Crippen LogP contribution < -0.4 is 5.32 Å². The molecule has 0 spiro atoms. The predicted molar refractivity (Wildman–Crippen MR) is 82.2 cm³/mol. The number of aromatic nitrogens is 2. The third kappa shape index (κ3) is 4.14. The van der Waals surface area contributed by atoms with Crippen LogP contribution in [0.15, 0.2) is 24.3 Å². The summed E-state index contributed by atoms with van der Waals surface area (Å²) in [5.41, 5.74) is 2.33. The van der Waals surface area contributed by atoms with Crippen LogP contribution in [0.1, 0.15) is 28.9 Å². The molecule has 0 bridgehead atoms. The molecular weight excluding hydrogens is 285 g/mol. The van der Waals surface area contributed by atoms with Crippen molar-refractivity contribution in [1.82, 2.24) is 15.5 Å². The number of rotatable bonds is 7. The fraction of sp³-hybridized carbons (Fsp3) is 0.375. The van der Waals surface area contributed by atoms with E-state index in [0.29, 0.717) is 30.1 Å². The molecule has 2 aromatic rings. The van der Waals surface area contributed by atoms with Crippen LogP contribution in [0.4, 0.5) is 4.39 Å². The lowest BCUT2D eigenvalue weighted by Gasteiger charge is -2.02. The summed E-state index contributed by atoms with van der Waals surface area (Å²) in [4.78, 5) is 12.0. The number of H-pyrrole nitrogens is 1. The quantitative estimate of drug-likeness (QED) is 0.773. The van der Waals surface area contributed by atoms with E-state index in [-0.39, 0.29) is 11.7 Å². The largest absolute Gasteiger partial charge is 0.385 e. The Morgan fingerprint density at radius 3 is 2.91 bits per heavy atom. The topological polar surface area (TPSA) is 67.0 Å². The molecule has 0 saturated heterocycles. The van der Waals surface area contributed by atoms with Gasteiger partial charge in [-0.2, -0.15) is 5.10 Å². The number of halogens is 1. The smallest absolute Gasteiger partial charge is 0.269 e. The summed E-state index contributed by atoms with van der Waals surface area (Å²) in [5.74, 6) is -0.455. The number of amides is 1. The van der Waals surface area contributed by atoms with Crippen LogP contribution in [0.25, 0.3) is 11.3 Å². The molecule has 2 N–H and O–H groups in total. The SMILES string of the molecule is COCCCCNC(=O)c1cc(-c2ccc(F)c(C)c2)n[nH]1. The van der Waals surface area contributed by atoms with Crippen molar-refractivity contribution in [2.75, 3.05) is 20.3 Å². The highest BCUT2D eigenvalue weighted by atomic mass is 19.1. The van der Waals surface area contributed by atoms with Crippen LogP contribution in [0, 0.1) is 12.7 Å². The molecule has 0 atom stereocenters. The number of carbonyl (C=O) groups excluding carboxylic acids is 1. The first-order chi connectivity index (χ1) is 10.6. The fourth-order valence-electron chi connectivity index (χ4n) is 2.06. The van der Waals surface area contributed by atoms with Gasteiger partial charge < -0.3 is 10.1 Å². The Morgan fingerprint density at radius 2 is 2.18 bits per heavy atom. The molecule has 1 aromatic heterocycles. The maximum atomic E-state index is 13.3. The number of methoxy groups -OCH3 is 1. The zero-order valence-electron chi connectivity index (χ0n) is 12.8. The first-order valence-corrected chi connectivity index (χ1v) is 7.21.